The third-order valence-electron chi connectivity index (χ3n) is 3.10. The van der Waals surface area contributed by atoms with Gasteiger partial charge in [0.2, 0.25) is 0 Å². The number of hydrogen-bond donors (Lipinski definition) is 2. The fraction of sp³-hybridized carbons (Fsp3) is 0.583. The van der Waals surface area contributed by atoms with Crippen molar-refractivity contribution in [2.75, 3.05) is 30.5 Å². The normalized spacial score (nSPS) is 15.2. The Morgan fingerprint density at radius 2 is 2.05 bits per heavy atom. The minimum Gasteiger partial charge on any atom is -0.396 e. The topological polar surface area (TPSA) is 92.5 Å². The maximum Gasteiger partial charge on any atom is 0.263 e. The first-order valence-corrected chi connectivity index (χ1v) is 8.88. The lowest BCUT2D eigenvalue weighted by Gasteiger charge is -2.12. The number of carbonyl (C=O) groups excluding carboxylic acids is 1. The molecule has 0 bridgehead atoms. The second kappa shape index (κ2) is 5.25. The highest BCUT2D eigenvalue weighted by Gasteiger charge is 2.31. The SMILES string of the molecule is CCS(=O)(=O)c1c(N(C)C)sc(C(=O)NC2CC2)c1N. The van der Waals surface area contributed by atoms with Gasteiger partial charge in [0.05, 0.1) is 11.4 Å². The summed E-state index contributed by atoms with van der Waals surface area (Å²) in [6, 6.07) is 0.207. The van der Waals surface area contributed by atoms with Crippen molar-refractivity contribution in [2.45, 2.75) is 30.7 Å². The lowest BCUT2D eigenvalue weighted by Crippen LogP contribution is -2.25. The molecule has 1 aliphatic carbocycles. The zero-order valence-corrected chi connectivity index (χ0v) is 13.4. The van der Waals surface area contributed by atoms with E-state index >= 15 is 0 Å². The molecule has 0 radical (unpaired) electrons. The summed E-state index contributed by atoms with van der Waals surface area (Å²) in [5, 5.41) is 3.34. The van der Waals surface area contributed by atoms with Crippen LogP contribution in [0, 0.1) is 0 Å². The number of anilines is 2. The van der Waals surface area contributed by atoms with Gasteiger partial charge >= 0.3 is 0 Å². The Balaban J connectivity index is 2.50. The van der Waals surface area contributed by atoms with Gasteiger partial charge in [-0.2, -0.15) is 0 Å². The predicted molar refractivity (Wildman–Crippen MR) is 81.3 cm³/mol. The van der Waals surface area contributed by atoms with Crippen molar-refractivity contribution < 1.29 is 13.2 Å². The molecule has 1 saturated carbocycles. The van der Waals surface area contributed by atoms with Crippen LogP contribution < -0.4 is 16.0 Å². The molecule has 0 saturated heterocycles. The average Bonchev–Trinajstić information content (AvgIpc) is 3.09. The van der Waals surface area contributed by atoms with Crippen LogP contribution in [0.1, 0.15) is 29.4 Å². The van der Waals surface area contributed by atoms with Crippen LogP contribution in [0.4, 0.5) is 10.7 Å². The molecule has 1 heterocycles. The first kappa shape index (κ1) is 15.1. The lowest BCUT2D eigenvalue weighted by atomic mass is 10.3. The van der Waals surface area contributed by atoms with E-state index in [4.69, 9.17) is 5.73 Å². The van der Waals surface area contributed by atoms with Crippen LogP contribution in [0.2, 0.25) is 0 Å². The Kier molecular flexibility index (Phi) is 3.97. The van der Waals surface area contributed by atoms with Crippen LogP contribution in [-0.4, -0.2) is 40.2 Å². The summed E-state index contributed by atoms with van der Waals surface area (Å²) in [5.74, 6) is -0.325. The molecule has 0 unspecified atom stereocenters. The van der Waals surface area contributed by atoms with Gasteiger partial charge in [0.25, 0.3) is 5.91 Å². The van der Waals surface area contributed by atoms with Gasteiger partial charge in [-0.1, -0.05) is 6.92 Å². The fourth-order valence-corrected chi connectivity index (χ4v) is 4.49. The third-order valence-corrected chi connectivity index (χ3v) is 6.39. The first-order chi connectivity index (χ1) is 9.27. The van der Waals surface area contributed by atoms with Crippen molar-refractivity contribution in [1.29, 1.82) is 0 Å². The molecule has 0 atom stereocenters. The van der Waals surface area contributed by atoms with E-state index in [2.05, 4.69) is 5.32 Å². The number of sulfone groups is 1. The van der Waals surface area contributed by atoms with E-state index < -0.39 is 9.84 Å². The fourth-order valence-electron chi connectivity index (χ4n) is 1.80. The van der Waals surface area contributed by atoms with Gasteiger partial charge in [0.1, 0.15) is 14.8 Å². The molecular formula is C12H19N3O3S2. The van der Waals surface area contributed by atoms with Gasteiger partial charge in [-0.05, 0) is 12.8 Å². The van der Waals surface area contributed by atoms with Crippen LogP contribution in [0.3, 0.4) is 0 Å². The minimum atomic E-state index is -3.47. The Bertz CT molecular complexity index is 631. The molecule has 1 aromatic heterocycles. The van der Waals surface area contributed by atoms with Crippen molar-refractivity contribution in [1.82, 2.24) is 5.32 Å². The summed E-state index contributed by atoms with van der Waals surface area (Å²) in [5.41, 5.74) is 6.01. The molecule has 0 aliphatic heterocycles. The van der Waals surface area contributed by atoms with Crippen molar-refractivity contribution >= 4 is 37.8 Å². The minimum absolute atomic E-state index is 0.0432. The zero-order valence-electron chi connectivity index (χ0n) is 11.8. The van der Waals surface area contributed by atoms with Crippen LogP contribution in [-0.2, 0) is 9.84 Å². The first-order valence-electron chi connectivity index (χ1n) is 6.41. The maximum atomic E-state index is 12.2. The van der Waals surface area contributed by atoms with E-state index in [9.17, 15) is 13.2 Å². The summed E-state index contributed by atoms with van der Waals surface area (Å²) in [6.45, 7) is 1.57. The quantitative estimate of drug-likeness (QED) is 0.848. The van der Waals surface area contributed by atoms with Crippen LogP contribution in [0.25, 0.3) is 0 Å². The molecule has 1 fully saturated rings. The number of thiophene rings is 1. The van der Waals surface area contributed by atoms with Crippen molar-refractivity contribution in [3.8, 4) is 0 Å². The van der Waals surface area contributed by atoms with Crippen molar-refractivity contribution in [3.63, 3.8) is 0 Å². The van der Waals surface area contributed by atoms with E-state index in [-0.39, 0.29) is 33.2 Å². The number of nitrogens with two attached hydrogens (primary N) is 1. The van der Waals surface area contributed by atoms with Crippen molar-refractivity contribution in [2.24, 2.45) is 0 Å². The van der Waals surface area contributed by atoms with Crippen LogP contribution >= 0.6 is 11.3 Å². The monoisotopic (exact) mass is 317 g/mol. The second-order valence-corrected chi connectivity index (χ2v) is 8.24. The Morgan fingerprint density at radius 3 is 2.50 bits per heavy atom. The second-order valence-electron chi connectivity index (χ2n) is 5.02. The third kappa shape index (κ3) is 2.76. The van der Waals surface area contributed by atoms with E-state index in [0.717, 1.165) is 24.2 Å². The number of hydrogen-bond acceptors (Lipinski definition) is 6. The van der Waals surface area contributed by atoms with Gasteiger partial charge < -0.3 is 16.0 Å². The highest BCUT2D eigenvalue weighted by Crippen LogP contribution is 2.41. The standard InChI is InChI=1S/C12H19N3O3S2/c1-4-20(17,18)10-8(13)9(19-12(10)15(2)3)11(16)14-7-5-6-7/h7H,4-6,13H2,1-3H3,(H,14,16). The van der Waals surface area contributed by atoms with E-state index in [1.807, 2.05) is 0 Å². The van der Waals surface area contributed by atoms with Gasteiger partial charge in [-0.3, -0.25) is 4.79 Å². The summed E-state index contributed by atoms with van der Waals surface area (Å²) in [7, 11) is 0.0109. The van der Waals surface area contributed by atoms with Crippen LogP contribution in [0.15, 0.2) is 4.90 Å². The number of rotatable bonds is 5. The summed E-state index contributed by atoms with van der Waals surface area (Å²) in [4.78, 5) is 14.2. The molecular weight excluding hydrogens is 298 g/mol. The van der Waals surface area contributed by atoms with Crippen LogP contribution in [0.5, 0.6) is 0 Å². The van der Waals surface area contributed by atoms with Gasteiger partial charge in [-0.25, -0.2) is 8.42 Å². The highest BCUT2D eigenvalue weighted by atomic mass is 32.2. The predicted octanol–water partition coefficient (Wildman–Crippen LogP) is 1.08. The van der Waals surface area contributed by atoms with E-state index in [0.29, 0.717) is 5.00 Å². The van der Waals surface area contributed by atoms with Gasteiger partial charge in [-0.15, -0.1) is 11.3 Å². The molecule has 3 N–H and O–H groups in total. The smallest absolute Gasteiger partial charge is 0.263 e. The zero-order chi connectivity index (χ0) is 15.1. The molecule has 0 aromatic carbocycles. The molecule has 0 spiro atoms. The molecule has 1 amide bonds. The lowest BCUT2D eigenvalue weighted by molar-refractivity contribution is 0.0956. The number of nitrogen functional groups attached to an aromatic ring is 1. The van der Waals surface area contributed by atoms with Crippen molar-refractivity contribution in [3.05, 3.63) is 4.88 Å². The Labute approximate surface area is 122 Å². The molecule has 6 nitrogen and oxygen atoms in total. The molecule has 1 aromatic rings. The average molecular weight is 317 g/mol. The number of carbonyl (C=O) groups is 1. The Hall–Kier alpha value is -1.28. The summed E-state index contributed by atoms with van der Waals surface area (Å²) < 4.78 is 24.4. The molecule has 8 heteroatoms. The molecule has 2 rings (SSSR count). The van der Waals surface area contributed by atoms with Gasteiger partial charge in [0.15, 0.2) is 9.84 Å². The largest absolute Gasteiger partial charge is 0.396 e. The molecule has 112 valence electrons. The summed E-state index contributed by atoms with van der Waals surface area (Å²) in [6.07, 6.45) is 1.94. The summed E-state index contributed by atoms with van der Waals surface area (Å²) >= 11 is 1.12. The Morgan fingerprint density at radius 1 is 1.45 bits per heavy atom. The van der Waals surface area contributed by atoms with E-state index in [1.54, 1.807) is 25.9 Å². The number of nitrogens with one attached hydrogen (secondary N) is 1. The molecule has 20 heavy (non-hydrogen) atoms. The highest BCUT2D eigenvalue weighted by molar-refractivity contribution is 7.92. The van der Waals surface area contributed by atoms with Gasteiger partial charge in [0, 0.05) is 20.1 Å². The van der Waals surface area contributed by atoms with E-state index in [1.165, 1.54) is 0 Å². The number of nitrogens with zero attached hydrogens (tertiary/aromatic N) is 1. The maximum absolute atomic E-state index is 12.2. The number of amides is 1. The molecule has 1 aliphatic rings.